The molecule has 2 atom stereocenters. The van der Waals surface area contributed by atoms with E-state index in [-0.39, 0.29) is 6.10 Å². The Balaban J connectivity index is 1.92. The molecular weight excluding hydrogens is 262 g/mol. The van der Waals surface area contributed by atoms with Gasteiger partial charge in [0.15, 0.2) is 0 Å². The SMILES string of the molecule is CC(C)C1CC(O)(C2(C#N)Cc3ccccc3C2)CCO1. The number of ether oxygens (including phenoxy) is 1. The first-order valence-corrected chi connectivity index (χ1v) is 7.82. The average molecular weight is 285 g/mol. The summed E-state index contributed by atoms with van der Waals surface area (Å²) in [5.74, 6) is 0.358. The van der Waals surface area contributed by atoms with Gasteiger partial charge in [-0.1, -0.05) is 38.1 Å². The fourth-order valence-corrected chi connectivity index (χ4v) is 3.86. The van der Waals surface area contributed by atoms with Crippen LogP contribution in [-0.2, 0) is 17.6 Å². The summed E-state index contributed by atoms with van der Waals surface area (Å²) in [6, 6.07) is 10.7. The summed E-state index contributed by atoms with van der Waals surface area (Å²) in [5, 5.41) is 21.2. The first kappa shape index (κ1) is 14.6. The normalized spacial score (nSPS) is 30.9. The molecule has 0 radical (unpaired) electrons. The second-order valence-corrected chi connectivity index (χ2v) is 6.96. The molecule has 0 spiro atoms. The summed E-state index contributed by atoms with van der Waals surface area (Å²) in [5.41, 5.74) is 0.766. The number of rotatable bonds is 2. The lowest BCUT2D eigenvalue weighted by atomic mass is 9.65. The third-order valence-corrected chi connectivity index (χ3v) is 5.34. The van der Waals surface area contributed by atoms with Crippen LogP contribution in [0.4, 0.5) is 0 Å². The molecule has 1 aliphatic heterocycles. The zero-order valence-corrected chi connectivity index (χ0v) is 12.8. The molecule has 2 unspecified atom stereocenters. The Morgan fingerprint density at radius 1 is 1.29 bits per heavy atom. The van der Waals surface area contributed by atoms with E-state index in [4.69, 9.17) is 4.74 Å². The second kappa shape index (κ2) is 5.12. The Morgan fingerprint density at radius 2 is 1.90 bits per heavy atom. The first-order valence-electron chi connectivity index (χ1n) is 7.82. The fourth-order valence-electron chi connectivity index (χ4n) is 3.86. The fraction of sp³-hybridized carbons (Fsp3) is 0.611. The van der Waals surface area contributed by atoms with Crippen molar-refractivity contribution in [1.29, 1.82) is 5.26 Å². The number of benzene rings is 1. The van der Waals surface area contributed by atoms with E-state index >= 15 is 0 Å². The molecule has 3 nitrogen and oxygen atoms in total. The van der Waals surface area contributed by atoms with Crippen molar-refractivity contribution in [2.75, 3.05) is 6.61 Å². The molecule has 1 aliphatic carbocycles. The van der Waals surface area contributed by atoms with Gasteiger partial charge in [0.2, 0.25) is 0 Å². The molecule has 21 heavy (non-hydrogen) atoms. The van der Waals surface area contributed by atoms with Crippen molar-refractivity contribution in [3.63, 3.8) is 0 Å². The summed E-state index contributed by atoms with van der Waals surface area (Å²) in [6.45, 7) is 4.76. The maximum atomic E-state index is 11.3. The van der Waals surface area contributed by atoms with Crippen molar-refractivity contribution in [3.05, 3.63) is 35.4 Å². The third-order valence-electron chi connectivity index (χ3n) is 5.34. The van der Waals surface area contributed by atoms with E-state index in [1.807, 2.05) is 12.1 Å². The lowest BCUT2D eigenvalue weighted by molar-refractivity contribution is -0.159. The summed E-state index contributed by atoms with van der Waals surface area (Å²) in [4.78, 5) is 0. The molecule has 1 N–H and O–H groups in total. The molecule has 0 amide bonds. The Bertz CT molecular complexity index is 550. The van der Waals surface area contributed by atoms with Crippen LogP contribution in [-0.4, -0.2) is 23.4 Å². The van der Waals surface area contributed by atoms with Crippen LogP contribution in [0.2, 0.25) is 0 Å². The molecule has 112 valence electrons. The Morgan fingerprint density at radius 3 is 2.43 bits per heavy atom. The molecule has 1 saturated heterocycles. The van der Waals surface area contributed by atoms with Crippen LogP contribution >= 0.6 is 0 Å². The van der Waals surface area contributed by atoms with Gasteiger partial charge >= 0.3 is 0 Å². The summed E-state index contributed by atoms with van der Waals surface area (Å²) >= 11 is 0. The highest BCUT2D eigenvalue weighted by Crippen LogP contribution is 2.50. The molecule has 1 heterocycles. The highest BCUT2D eigenvalue weighted by atomic mass is 16.5. The molecule has 0 saturated carbocycles. The minimum Gasteiger partial charge on any atom is -0.388 e. The van der Waals surface area contributed by atoms with Crippen molar-refractivity contribution in [3.8, 4) is 6.07 Å². The van der Waals surface area contributed by atoms with Crippen LogP contribution in [0.5, 0.6) is 0 Å². The van der Waals surface area contributed by atoms with Crippen LogP contribution in [0.3, 0.4) is 0 Å². The standard InChI is InChI=1S/C18H23NO2/c1-13(2)16-11-18(20,7-8-21-16)17(12-19)9-14-5-3-4-6-15(14)10-17/h3-6,13,16,20H,7-11H2,1-2H3. The quantitative estimate of drug-likeness (QED) is 0.909. The zero-order valence-electron chi connectivity index (χ0n) is 12.8. The van der Waals surface area contributed by atoms with Crippen LogP contribution in [0.15, 0.2) is 24.3 Å². The number of nitrogens with zero attached hydrogens (tertiary/aromatic N) is 1. The molecule has 3 heteroatoms. The molecular formula is C18H23NO2. The average Bonchev–Trinajstić information content (AvgIpc) is 2.87. The molecule has 1 fully saturated rings. The lowest BCUT2D eigenvalue weighted by Crippen LogP contribution is -2.54. The van der Waals surface area contributed by atoms with Crippen LogP contribution in [0.25, 0.3) is 0 Å². The highest BCUT2D eigenvalue weighted by Gasteiger charge is 2.56. The van der Waals surface area contributed by atoms with Crippen molar-refractivity contribution >= 4 is 0 Å². The van der Waals surface area contributed by atoms with Crippen molar-refractivity contribution in [2.45, 2.75) is 51.2 Å². The Labute approximate surface area is 126 Å². The van der Waals surface area contributed by atoms with E-state index in [0.29, 0.717) is 38.2 Å². The van der Waals surface area contributed by atoms with Crippen LogP contribution < -0.4 is 0 Å². The first-order chi connectivity index (χ1) is 10.00. The predicted octanol–water partition coefficient (Wildman–Crippen LogP) is 2.86. The van der Waals surface area contributed by atoms with Gasteiger partial charge in [-0.15, -0.1) is 0 Å². The zero-order chi connectivity index (χ0) is 15.1. The number of aliphatic hydroxyl groups is 1. The Kier molecular flexibility index (Phi) is 3.55. The molecule has 3 rings (SSSR count). The van der Waals surface area contributed by atoms with Gasteiger partial charge in [-0.2, -0.15) is 5.26 Å². The number of hydrogen-bond donors (Lipinski definition) is 1. The van der Waals surface area contributed by atoms with Crippen LogP contribution in [0.1, 0.15) is 37.8 Å². The highest BCUT2D eigenvalue weighted by molar-refractivity contribution is 5.39. The minimum absolute atomic E-state index is 0.0395. The largest absolute Gasteiger partial charge is 0.388 e. The van der Waals surface area contributed by atoms with E-state index in [1.54, 1.807) is 0 Å². The van der Waals surface area contributed by atoms with Crippen molar-refractivity contribution < 1.29 is 9.84 Å². The number of nitriles is 1. The number of fused-ring (bicyclic) bond motifs is 1. The number of hydrogen-bond acceptors (Lipinski definition) is 3. The summed E-state index contributed by atoms with van der Waals surface area (Å²) < 4.78 is 5.79. The molecule has 1 aromatic rings. The van der Waals surface area contributed by atoms with E-state index in [9.17, 15) is 10.4 Å². The van der Waals surface area contributed by atoms with E-state index in [0.717, 1.165) is 0 Å². The van der Waals surface area contributed by atoms with Crippen LogP contribution in [0, 0.1) is 22.7 Å². The van der Waals surface area contributed by atoms with Gasteiger partial charge in [0.25, 0.3) is 0 Å². The summed E-state index contributed by atoms with van der Waals surface area (Å²) in [7, 11) is 0. The van der Waals surface area contributed by atoms with E-state index in [2.05, 4.69) is 32.0 Å². The molecule has 2 aliphatic rings. The van der Waals surface area contributed by atoms with E-state index in [1.165, 1.54) is 11.1 Å². The Hall–Kier alpha value is -1.37. The maximum Gasteiger partial charge on any atom is 0.0942 e. The van der Waals surface area contributed by atoms with Gasteiger partial charge in [0.05, 0.1) is 23.2 Å². The predicted molar refractivity (Wildman–Crippen MR) is 80.7 cm³/mol. The van der Waals surface area contributed by atoms with E-state index < -0.39 is 11.0 Å². The van der Waals surface area contributed by atoms with Gasteiger partial charge in [-0.25, -0.2) is 0 Å². The molecule has 1 aromatic carbocycles. The maximum absolute atomic E-state index is 11.3. The molecule has 0 bridgehead atoms. The van der Waals surface area contributed by atoms with Gasteiger partial charge in [-0.3, -0.25) is 0 Å². The minimum atomic E-state index is -0.950. The smallest absolute Gasteiger partial charge is 0.0942 e. The summed E-state index contributed by atoms with van der Waals surface area (Å²) in [6.07, 6.45) is 2.46. The van der Waals surface area contributed by atoms with Gasteiger partial charge in [0, 0.05) is 19.4 Å². The molecule has 0 aromatic heterocycles. The monoisotopic (exact) mass is 285 g/mol. The van der Waals surface area contributed by atoms with Crippen molar-refractivity contribution in [1.82, 2.24) is 0 Å². The van der Waals surface area contributed by atoms with Crippen molar-refractivity contribution in [2.24, 2.45) is 11.3 Å². The lowest BCUT2D eigenvalue weighted by Gasteiger charge is -2.46. The third kappa shape index (κ3) is 2.27. The van der Waals surface area contributed by atoms with Gasteiger partial charge in [-0.05, 0) is 29.9 Å². The second-order valence-electron chi connectivity index (χ2n) is 6.96. The topological polar surface area (TPSA) is 53.2 Å². The van der Waals surface area contributed by atoms with Gasteiger partial charge in [0.1, 0.15) is 0 Å². The van der Waals surface area contributed by atoms with Gasteiger partial charge < -0.3 is 9.84 Å².